The van der Waals surface area contributed by atoms with Gasteiger partial charge in [0.25, 0.3) is 0 Å². The van der Waals surface area contributed by atoms with Crippen molar-refractivity contribution in [2.45, 2.75) is 115 Å². The molecule has 0 aromatic heterocycles. The standard InChI is InChI=1S/C24H42O5S/c1-2-3-4-5-6-7-8-9-10-11-12-13-14-19-15-16-20(17-21(25)26)23(29)24(19)30-18-22(27)28/h14,20,23-24,29H,2-13,15-18H2,1H3,(H,25,26)(H,27,28). The number of carboxylic acids is 2. The molecule has 1 aliphatic rings. The average molecular weight is 443 g/mol. The van der Waals surface area contributed by atoms with Crippen LogP contribution in [0.15, 0.2) is 11.6 Å². The summed E-state index contributed by atoms with van der Waals surface area (Å²) in [4.78, 5) is 22.0. The fourth-order valence-electron chi connectivity index (χ4n) is 4.26. The van der Waals surface area contributed by atoms with E-state index in [1.165, 1.54) is 76.0 Å². The smallest absolute Gasteiger partial charge is 0.313 e. The molecule has 0 amide bonds. The number of aliphatic hydroxyl groups excluding tert-OH is 1. The number of aliphatic carboxylic acids is 2. The molecular weight excluding hydrogens is 400 g/mol. The molecule has 3 unspecified atom stereocenters. The molecule has 0 radical (unpaired) electrons. The van der Waals surface area contributed by atoms with Gasteiger partial charge in [-0.05, 0) is 31.6 Å². The first-order chi connectivity index (χ1) is 14.5. The van der Waals surface area contributed by atoms with E-state index in [-0.39, 0.29) is 23.3 Å². The maximum atomic E-state index is 11.0. The minimum Gasteiger partial charge on any atom is -0.481 e. The van der Waals surface area contributed by atoms with Gasteiger partial charge >= 0.3 is 11.9 Å². The average Bonchev–Trinajstić information content (AvgIpc) is 2.69. The van der Waals surface area contributed by atoms with Crippen LogP contribution in [-0.4, -0.2) is 44.4 Å². The summed E-state index contributed by atoms with van der Waals surface area (Å²) in [5.41, 5.74) is 1.10. The lowest BCUT2D eigenvalue weighted by Crippen LogP contribution is -2.38. The van der Waals surface area contributed by atoms with Crippen molar-refractivity contribution in [1.82, 2.24) is 0 Å². The molecule has 5 nitrogen and oxygen atoms in total. The van der Waals surface area contributed by atoms with Crippen molar-refractivity contribution in [3.8, 4) is 0 Å². The highest BCUT2D eigenvalue weighted by Crippen LogP contribution is 2.38. The molecule has 1 aliphatic carbocycles. The summed E-state index contributed by atoms with van der Waals surface area (Å²) < 4.78 is 0. The third kappa shape index (κ3) is 12.0. The quantitative estimate of drug-likeness (QED) is 0.188. The molecule has 3 atom stereocenters. The molecule has 1 saturated carbocycles. The first kappa shape index (κ1) is 27.0. The maximum absolute atomic E-state index is 11.0. The van der Waals surface area contributed by atoms with Crippen molar-refractivity contribution in [3.05, 3.63) is 11.6 Å². The number of aliphatic hydroxyl groups is 1. The van der Waals surface area contributed by atoms with Crippen molar-refractivity contribution in [3.63, 3.8) is 0 Å². The fraction of sp³-hybridized carbons (Fsp3) is 0.833. The van der Waals surface area contributed by atoms with E-state index in [0.29, 0.717) is 6.42 Å². The van der Waals surface area contributed by atoms with Gasteiger partial charge in [0.2, 0.25) is 0 Å². The Labute approximate surface area is 186 Å². The second-order valence-electron chi connectivity index (χ2n) is 8.62. The molecule has 0 saturated heterocycles. The number of hydrogen-bond donors (Lipinski definition) is 3. The fourth-order valence-corrected chi connectivity index (χ4v) is 5.43. The molecule has 1 fully saturated rings. The minimum absolute atomic E-state index is 0.0584. The van der Waals surface area contributed by atoms with Crippen molar-refractivity contribution >= 4 is 23.7 Å². The Morgan fingerprint density at radius 1 is 0.933 bits per heavy atom. The van der Waals surface area contributed by atoms with Crippen LogP contribution in [0.4, 0.5) is 0 Å². The monoisotopic (exact) mass is 442 g/mol. The van der Waals surface area contributed by atoms with Crippen LogP contribution in [0.3, 0.4) is 0 Å². The zero-order chi connectivity index (χ0) is 22.2. The second kappa shape index (κ2) is 16.7. The molecule has 6 heteroatoms. The Morgan fingerprint density at radius 3 is 2.03 bits per heavy atom. The summed E-state index contributed by atoms with van der Waals surface area (Å²) in [5.74, 6) is -2.18. The van der Waals surface area contributed by atoms with Gasteiger partial charge in [0.05, 0.1) is 23.5 Å². The predicted molar refractivity (Wildman–Crippen MR) is 124 cm³/mol. The van der Waals surface area contributed by atoms with E-state index in [4.69, 9.17) is 10.2 Å². The second-order valence-corrected chi connectivity index (χ2v) is 9.75. The molecular formula is C24H42O5S. The Balaban J connectivity index is 2.30. The summed E-state index contributed by atoms with van der Waals surface area (Å²) in [6, 6.07) is 0. The van der Waals surface area contributed by atoms with Gasteiger partial charge in [-0.3, -0.25) is 9.59 Å². The summed E-state index contributed by atoms with van der Waals surface area (Å²) in [7, 11) is 0. The number of rotatable bonds is 17. The van der Waals surface area contributed by atoms with E-state index >= 15 is 0 Å². The number of unbranched alkanes of at least 4 members (excludes halogenated alkanes) is 11. The number of carbonyl (C=O) groups is 2. The Morgan fingerprint density at radius 2 is 1.50 bits per heavy atom. The number of carboxylic acid groups (broad SMARTS) is 2. The van der Waals surface area contributed by atoms with E-state index in [1.807, 2.05) is 0 Å². The van der Waals surface area contributed by atoms with E-state index in [1.54, 1.807) is 0 Å². The zero-order valence-corrected chi connectivity index (χ0v) is 19.5. The molecule has 0 aromatic rings. The predicted octanol–water partition coefficient (Wildman–Crippen LogP) is 6.05. The van der Waals surface area contributed by atoms with Crippen LogP contribution in [0.2, 0.25) is 0 Å². The number of hydrogen-bond acceptors (Lipinski definition) is 4. The van der Waals surface area contributed by atoms with Crippen molar-refractivity contribution < 1.29 is 24.9 Å². The van der Waals surface area contributed by atoms with Crippen molar-refractivity contribution in [2.75, 3.05) is 5.75 Å². The Hall–Kier alpha value is -1.01. The lowest BCUT2D eigenvalue weighted by atomic mass is 9.80. The van der Waals surface area contributed by atoms with Crippen molar-refractivity contribution in [1.29, 1.82) is 0 Å². The lowest BCUT2D eigenvalue weighted by Gasteiger charge is -2.36. The van der Waals surface area contributed by atoms with Gasteiger partial charge in [0.15, 0.2) is 0 Å². The van der Waals surface area contributed by atoms with Crippen LogP contribution in [0.1, 0.15) is 103 Å². The van der Waals surface area contributed by atoms with Gasteiger partial charge in [-0.2, -0.15) is 0 Å². The van der Waals surface area contributed by atoms with Crippen LogP contribution in [-0.2, 0) is 9.59 Å². The summed E-state index contributed by atoms with van der Waals surface area (Å²) in [6.45, 7) is 2.25. The third-order valence-corrected chi connectivity index (χ3v) is 7.35. The largest absolute Gasteiger partial charge is 0.481 e. The molecule has 174 valence electrons. The van der Waals surface area contributed by atoms with E-state index in [9.17, 15) is 14.7 Å². The van der Waals surface area contributed by atoms with Gasteiger partial charge < -0.3 is 15.3 Å². The number of allylic oxidation sites excluding steroid dienone is 1. The molecule has 1 rings (SSSR count). The molecule has 0 aromatic carbocycles. The first-order valence-electron chi connectivity index (χ1n) is 11.9. The van der Waals surface area contributed by atoms with Crippen LogP contribution >= 0.6 is 11.8 Å². The highest BCUT2D eigenvalue weighted by atomic mass is 32.2. The van der Waals surface area contributed by atoms with Gasteiger partial charge in [0.1, 0.15) is 0 Å². The summed E-state index contributed by atoms with van der Waals surface area (Å²) in [6.07, 6.45) is 18.0. The molecule has 30 heavy (non-hydrogen) atoms. The topological polar surface area (TPSA) is 94.8 Å². The molecule has 0 heterocycles. The molecule has 3 N–H and O–H groups in total. The SMILES string of the molecule is CCCCCCCCCCCCCC=C1CCC(CC(=O)O)C(O)C1SCC(=O)O. The van der Waals surface area contributed by atoms with Crippen LogP contribution in [0.25, 0.3) is 0 Å². The molecule has 0 bridgehead atoms. The minimum atomic E-state index is -0.908. The maximum Gasteiger partial charge on any atom is 0.313 e. The van der Waals surface area contributed by atoms with Gasteiger partial charge in [-0.25, -0.2) is 0 Å². The number of thioether (sulfide) groups is 1. The first-order valence-corrected chi connectivity index (χ1v) is 12.9. The van der Waals surface area contributed by atoms with E-state index in [0.717, 1.165) is 24.8 Å². The lowest BCUT2D eigenvalue weighted by molar-refractivity contribution is -0.139. The van der Waals surface area contributed by atoms with Gasteiger partial charge in [-0.15, -0.1) is 11.8 Å². The van der Waals surface area contributed by atoms with Crippen LogP contribution in [0.5, 0.6) is 0 Å². The normalized spacial score (nSPS) is 23.0. The van der Waals surface area contributed by atoms with E-state index < -0.39 is 18.0 Å². The van der Waals surface area contributed by atoms with E-state index in [2.05, 4.69) is 13.0 Å². The van der Waals surface area contributed by atoms with Crippen LogP contribution < -0.4 is 0 Å². The zero-order valence-electron chi connectivity index (χ0n) is 18.7. The molecule has 0 spiro atoms. The Kier molecular flexibility index (Phi) is 15.0. The van der Waals surface area contributed by atoms with Crippen LogP contribution in [0, 0.1) is 5.92 Å². The highest BCUT2D eigenvalue weighted by Gasteiger charge is 2.36. The van der Waals surface area contributed by atoms with Gasteiger partial charge in [-0.1, -0.05) is 82.8 Å². The van der Waals surface area contributed by atoms with Gasteiger partial charge in [0, 0.05) is 0 Å². The molecule has 0 aliphatic heterocycles. The highest BCUT2D eigenvalue weighted by molar-refractivity contribution is 8.00. The third-order valence-electron chi connectivity index (χ3n) is 6.00. The van der Waals surface area contributed by atoms with Crippen molar-refractivity contribution in [2.24, 2.45) is 5.92 Å². The Bertz CT molecular complexity index is 520. The summed E-state index contributed by atoms with van der Waals surface area (Å²) >= 11 is 1.23. The summed E-state index contributed by atoms with van der Waals surface area (Å²) in [5, 5.41) is 28.4.